The fourth-order valence-electron chi connectivity index (χ4n) is 1.78. The van der Waals surface area contributed by atoms with Crippen molar-refractivity contribution < 1.29 is 9.90 Å². The molecule has 0 spiro atoms. The molecule has 0 aliphatic rings. The summed E-state index contributed by atoms with van der Waals surface area (Å²) in [5, 5.41) is 14.1. The Morgan fingerprint density at radius 2 is 2.12 bits per heavy atom. The van der Waals surface area contributed by atoms with Crippen LogP contribution in [0.15, 0.2) is 18.2 Å². The summed E-state index contributed by atoms with van der Waals surface area (Å²) in [5.41, 5.74) is 1.11. The minimum absolute atomic E-state index is 0.286. The fourth-order valence-corrected chi connectivity index (χ4v) is 1.78. The van der Waals surface area contributed by atoms with Crippen LogP contribution in [0.4, 0.5) is 5.82 Å². The van der Waals surface area contributed by atoms with E-state index in [2.05, 4.69) is 5.10 Å². The summed E-state index contributed by atoms with van der Waals surface area (Å²) in [6, 6.07) is 5.19. The predicted molar refractivity (Wildman–Crippen MR) is 62.0 cm³/mol. The van der Waals surface area contributed by atoms with E-state index in [4.69, 9.17) is 5.11 Å². The highest BCUT2D eigenvalue weighted by atomic mass is 16.4. The van der Waals surface area contributed by atoms with Crippen LogP contribution in [0.3, 0.4) is 0 Å². The van der Waals surface area contributed by atoms with Crippen molar-refractivity contribution in [2.75, 3.05) is 19.0 Å². The Morgan fingerprint density at radius 1 is 1.44 bits per heavy atom. The van der Waals surface area contributed by atoms with Gasteiger partial charge in [0.05, 0.1) is 16.5 Å². The first-order valence-electron chi connectivity index (χ1n) is 4.88. The fraction of sp³-hybridized carbons (Fsp3) is 0.273. The van der Waals surface area contributed by atoms with Gasteiger partial charge in [-0.25, -0.2) is 4.79 Å². The Kier molecular flexibility index (Phi) is 2.30. The van der Waals surface area contributed by atoms with Crippen LogP contribution in [0.25, 0.3) is 10.9 Å². The Bertz CT molecular complexity index is 558. The topological polar surface area (TPSA) is 58.4 Å². The van der Waals surface area contributed by atoms with Gasteiger partial charge in [0.2, 0.25) is 0 Å². The summed E-state index contributed by atoms with van der Waals surface area (Å²) in [6.07, 6.45) is 0. The average molecular weight is 219 g/mol. The third-order valence-corrected chi connectivity index (χ3v) is 2.51. The van der Waals surface area contributed by atoms with Crippen molar-refractivity contribution in [1.29, 1.82) is 0 Å². The molecule has 1 aromatic carbocycles. The SMILES string of the molecule is CN(C)c1nn(C)c2cccc(C(=O)O)c12. The Morgan fingerprint density at radius 3 is 2.69 bits per heavy atom. The lowest BCUT2D eigenvalue weighted by molar-refractivity contribution is 0.0699. The molecule has 0 saturated heterocycles. The molecule has 1 aromatic heterocycles. The van der Waals surface area contributed by atoms with Gasteiger partial charge in [-0.2, -0.15) is 5.10 Å². The van der Waals surface area contributed by atoms with Crippen molar-refractivity contribution in [3.8, 4) is 0 Å². The number of rotatable bonds is 2. The number of carbonyl (C=O) groups is 1. The molecule has 1 N–H and O–H groups in total. The number of aryl methyl sites for hydroxylation is 1. The van der Waals surface area contributed by atoms with Crippen LogP contribution in [0.2, 0.25) is 0 Å². The van der Waals surface area contributed by atoms with E-state index in [0.717, 1.165) is 5.52 Å². The zero-order valence-corrected chi connectivity index (χ0v) is 9.43. The molecule has 0 unspecified atom stereocenters. The van der Waals surface area contributed by atoms with Gasteiger partial charge < -0.3 is 10.0 Å². The first-order chi connectivity index (χ1) is 7.52. The lowest BCUT2D eigenvalue weighted by Crippen LogP contribution is -2.11. The third kappa shape index (κ3) is 1.41. The van der Waals surface area contributed by atoms with Gasteiger partial charge in [-0.1, -0.05) is 6.07 Å². The van der Waals surface area contributed by atoms with Crippen LogP contribution in [0.1, 0.15) is 10.4 Å². The Labute approximate surface area is 92.9 Å². The van der Waals surface area contributed by atoms with Crippen LogP contribution in [0, 0.1) is 0 Å². The molecular weight excluding hydrogens is 206 g/mol. The molecule has 0 bridgehead atoms. The van der Waals surface area contributed by atoms with Crippen LogP contribution < -0.4 is 4.90 Å². The van der Waals surface area contributed by atoms with Crippen LogP contribution in [-0.2, 0) is 7.05 Å². The number of carboxylic acids is 1. The van der Waals surface area contributed by atoms with Crippen molar-refractivity contribution in [3.63, 3.8) is 0 Å². The smallest absolute Gasteiger partial charge is 0.336 e. The average Bonchev–Trinajstić information content (AvgIpc) is 2.56. The molecule has 16 heavy (non-hydrogen) atoms. The highest BCUT2D eigenvalue weighted by Crippen LogP contribution is 2.27. The lowest BCUT2D eigenvalue weighted by atomic mass is 10.1. The first-order valence-corrected chi connectivity index (χ1v) is 4.88. The minimum Gasteiger partial charge on any atom is -0.478 e. The van der Waals surface area contributed by atoms with Gasteiger partial charge in [0.1, 0.15) is 0 Å². The van der Waals surface area contributed by atoms with Crippen LogP contribution >= 0.6 is 0 Å². The number of benzene rings is 1. The maximum absolute atomic E-state index is 11.1. The molecular formula is C11H13N3O2. The number of aromatic nitrogens is 2. The monoisotopic (exact) mass is 219 g/mol. The molecule has 0 atom stereocenters. The molecule has 5 nitrogen and oxygen atoms in total. The number of carboxylic acid groups (broad SMARTS) is 1. The summed E-state index contributed by atoms with van der Waals surface area (Å²) in [6.45, 7) is 0. The van der Waals surface area contributed by atoms with E-state index in [9.17, 15) is 4.79 Å². The maximum Gasteiger partial charge on any atom is 0.336 e. The second-order valence-corrected chi connectivity index (χ2v) is 3.85. The van der Waals surface area contributed by atoms with Crippen LogP contribution in [-0.4, -0.2) is 35.0 Å². The molecule has 1 heterocycles. The molecule has 2 rings (SSSR count). The number of nitrogens with zero attached hydrogens (tertiary/aromatic N) is 3. The van der Waals surface area contributed by atoms with Crippen molar-refractivity contribution in [2.24, 2.45) is 7.05 Å². The van der Waals surface area contributed by atoms with E-state index < -0.39 is 5.97 Å². The zero-order chi connectivity index (χ0) is 11.9. The van der Waals surface area contributed by atoms with Crippen molar-refractivity contribution in [1.82, 2.24) is 9.78 Å². The van der Waals surface area contributed by atoms with Gasteiger partial charge in [0.15, 0.2) is 5.82 Å². The van der Waals surface area contributed by atoms with Crippen molar-refractivity contribution in [2.45, 2.75) is 0 Å². The number of anilines is 1. The van der Waals surface area contributed by atoms with Crippen molar-refractivity contribution in [3.05, 3.63) is 23.8 Å². The number of aromatic carboxylic acids is 1. The molecule has 0 amide bonds. The van der Waals surface area contributed by atoms with Crippen LogP contribution in [0.5, 0.6) is 0 Å². The van der Waals surface area contributed by atoms with Gasteiger partial charge in [-0.05, 0) is 12.1 Å². The van der Waals surface area contributed by atoms with Gasteiger partial charge in [0.25, 0.3) is 0 Å². The van der Waals surface area contributed by atoms with Gasteiger partial charge in [-0.15, -0.1) is 0 Å². The highest BCUT2D eigenvalue weighted by molar-refractivity contribution is 6.07. The van der Waals surface area contributed by atoms with E-state index >= 15 is 0 Å². The molecule has 2 aromatic rings. The summed E-state index contributed by atoms with van der Waals surface area (Å²) in [5.74, 6) is -0.253. The van der Waals surface area contributed by atoms with Gasteiger partial charge in [-0.3, -0.25) is 4.68 Å². The highest BCUT2D eigenvalue weighted by Gasteiger charge is 2.17. The predicted octanol–water partition coefficient (Wildman–Crippen LogP) is 1.34. The first kappa shape index (κ1) is 10.5. The number of hydrogen-bond acceptors (Lipinski definition) is 3. The molecule has 0 aliphatic heterocycles. The molecule has 5 heteroatoms. The normalized spacial score (nSPS) is 10.7. The number of hydrogen-bond donors (Lipinski definition) is 1. The molecule has 84 valence electrons. The summed E-state index contributed by atoms with van der Waals surface area (Å²) < 4.78 is 1.69. The second kappa shape index (κ2) is 3.52. The van der Waals surface area contributed by atoms with Crippen molar-refractivity contribution >= 4 is 22.7 Å². The third-order valence-electron chi connectivity index (χ3n) is 2.51. The molecule has 0 saturated carbocycles. The summed E-state index contributed by atoms with van der Waals surface area (Å²) in [7, 11) is 5.50. The zero-order valence-electron chi connectivity index (χ0n) is 9.43. The quantitative estimate of drug-likeness (QED) is 0.828. The lowest BCUT2D eigenvalue weighted by Gasteiger charge is -2.09. The van der Waals surface area contributed by atoms with E-state index in [1.807, 2.05) is 25.1 Å². The molecule has 0 radical (unpaired) electrons. The standard InChI is InChI=1S/C11H13N3O2/c1-13(2)10-9-7(11(15)16)5-4-6-8(9)14(3)12-10/h4-6H,1-3H3,(H,15,16). The van der Waals surface area contributed by atoms with E-state index in [0.29, 0.717) is 11.2 Å². The van der Waals surface area contributed by atoms with E-state index in [1.54, 1.807) is 23.9 Å². The Hall–Kier alpha value is -2.04. The minimum atomic E-state index is -0.929. The molecule has 0 fully saturated rings. The largest absolute Gasteiger partial charge is 0.478 e. The van der Waals surface area contributed by atoms with E-state index in [1.165, 1.54) is 0 Å². The molecule has 0 aliphatic carbocycles. The second-order valence-electron chi connectivity index (χ2n) is 3.85. The summed E-state index contributed by atoms with van der Waals surface area (Å²) in [4.78, 5) is 13.0. The van der Waals surface area contributed by atoms with Gasteiger partial charge in [0, 0.05) is 21.1 Å². The van der Waals surface area contributed by atoms with E-state index in [-0.39, 0.29) is 5.56 Å². The van der Waals surface area contributed by atoms with Gasteiger partial charge >= 0.3 is 5.97 Å². The Balaban J connectivity index is 2.88. The number of fused-ring (bicyclic) bond motifs is 1. The summed E-state index contributed by atoms with van der Waals surface area (Å²) >= 11 is 0. The maximum atomic E-state index is 11.1.